The fraction of sp³-hybridized carbons (Fsp3) is 0.500. The lowest BCUT2D eigenvalue weighted by atomic mass is 9.65. The Kier molecular flexibility index (Phi) is 14.9. The topological polar surface area (TPSA) is 52.0 Å². The number of rotatable bonds is 20. The van der Waals surface area contributed by atoms with E-state index in [0.29, 0.717) is 11.8 Å². The number of nitrogens with two attached hydrogens (primary N) is 2. The van der Waals surface area contributed by atoms with Crippen LogP contribution in [0.15, 0.2) is 97.1 Å². The Labute approximate surface area is 305 Å². The van der Waals surface area contributed by atoms with Gasteiger partial charge in [0.2, 0.25) is 0 Å². The molecule has 4 aromatic rings. The van der Waals surface area contributed by atoms with E-state index in [2.05, 4.69) is 111 Å². The molecule has 1 fully saturated rings. The van der Waals surface area contributed by atoms with Crippen molar-refractivity contribution in [1.29, 1.82) is 0 Å². The molecule has 0 saturated heterocycles. The average molecular weight is 671 g/mol. The molecule has 0 aromatic heterocycles. The zero-order chi connectivity index (χ0) is 35.0. The van der Waals surface area contributed by atoms with Crippen molar-refractivity contribution in [1.82, 2.24) is 0 Å². The molecule has 0 bridgehead atoms. The normalized spacial score (nSPS) is 15.5. The van der Waals surface area contributed by atoms with Gasteiger partial charge < -0.3 is 11.5 Å². The number of anilines is 2. The maximum Gasteiger partial charge on any atom is 0.0314 e. The minimum absolute atomic E-state index is 0.0846. The first kappa shape index (κ1) is 37.7. The first-order valence-electron chi connectivity index (χ1n) is 20.5. The Balaban J connectivity index is 1.37. The molecule has 268 valence electrons. The van der Waals surface area contributed by atoms with E-state index in [4.69, 9.17) is 11.5 Å². The number of benzene rings is 4. The summed E-state index contributed by atoms with van der Waals surface area (Å²) in [6, 6.07) is 37.0. The molecule has 0 spiro atoms. The number of unbranched alkanes of at least 4 members (excludes halogenated alkanes) is 10. The van der Waals surface area contributed by atoms with Gasteiger partial charge >= 0.3 is 0 Å². The van der Waals surface area contributed by atoms with Gasteiger partial charge in [-0.25, -0.2) is 0 Å². The largest absolute Gasteiger partial charge is 0.399 e. The van der Waals surface area contributed by atoms with Crippen LogP contribution in [0, 0.1) is 0 Å². The van der Waals surface area contributed by atoms with Crippen molar-refractivity contribution in [2.45, 2.75) is 153 Å². The Morgan fingerprint density at radius 3 is 1.10 bits per heavy atom. The molecule has 1 saturated carbocycles. The summed E-state index contributed by atoms with van der Waals surface area (Å²) in [5.41, 5.74) is 22.6. The predicted octanol–water partition coefficient (Wildman–Crippen LogP) is 13.9. The third-order valence-electron chi connectivity index (χ3n) is 11.8. The summed E-state index contributed by atoms with van der Waals surface area (Å²) < 4.78 is 0. The highest BCUT2D eigenvalue weighted by Gasteiger charge is 2.36. The van der Waals surface area contributed by atoms with E-state index >= 15 is 0 Å². The molecule has 50 heavy (non-hydrogen) atoms. The second-order valence-corrected chi connectivity index (χ2v) is 15.4. The first-order chi connectivity index (χ1) is 24.5. The summed E-state index contributed by atoms with van der Waals surface area (Å²) in [7, 11) is 0. The van der Waals surface area contributed by atoms with Crippen LogP contribution in [0.1, 0.15) is 181 Å². The molecule has 2 unspecified atom stereocenters. The number of hydrogen-bond acceptors (Lipinski definition) is 2. The summed E-state index contributed by atoms with van der Waals surface area (Å²) in [6.45, 7) is 4.59. The molecule has 0 amide bonds. The van der Waals surface area contributed by atoms with Crippen LogP contribution in [-0.4, -0.2) is 0 Å². The van der Waals surface area contributed by atoms with Gasteiger partial charge in [0.25, 0.3) is 0 Å². The van der Waals surface area contributed by atoms with Gasteiger partial charge in [-0.1, -0.05) is 183 Å². The molecular formula is C48H66N2. The second kappa shape index (κ2) is 19.8. The summed E-state index contributed by atoms with van der Waals surface area (Å²) >= 11 is 0. The molecule has 2 heteroatoms. The lowest BCUT2D eigenvalue weighted by molar-refractivity contribution is 0.346. The van der Waals surface area contributed by atoms with Crippen molar-refractivity contribution in [2.75, 3.05) is 11.5 Å². The standard InChI is InChI=1S/C48H66N2/c1-3-5-7-9-11-14-18-46(40-24-32-44(49)33-25-40)38-20-28-42(29-21-38)48(36-16-13-17-37-48)43-30-22-39(23-31-43)47(19-15-12-10-8-6-4-2)41-26-34-45(50)35-27-41/h20-35,46-47H,3-19,36-37,49-50H2,1-2H3. The monoisotopic (exact) mass is 671 g/mol. The lowest BCUT2D eigenvalue weighted by Gasteiger charge is -2.39. The van der Waals surface area contributed by atoms with Crippen LogP contribution in [0.25, 0.3) is 0 Å². The van der Waals surface area contributed by atoms with Crippen molar-refractivity contribution in [3.05, 3.63) is 130 Å². The van der Waals surface area contributed by atoms with Gasteiger partial charge in [0.1, 0.15) is 0 Å². The van der Waals surface area contributed by atoms with Gasteiger partial charge in [0, 0.05) is 28.6 Å². The lowest BCUT2D eigenvalue weighted by Crippen LogP contribution is -2.30. The van der Waals surface area contributed by atoms with Crippen molar-refractivity contribution >= 4 is 11.4 Å². The molecule has 1 aliphatic carbocycles. The maximum absolute atomic E-state index is 6.10. The zero-order valence-corrected chi connectivity index (χ0v) is 31.5. The van der Waals surface area contributed by atoms with E-state index in [1.165, 1.54) is 155 Å². The smallest absolute Gasteiger partial charge is 0.0314 e. The van der Waals surface area contributed by atoms with E-state index in [0.717, 1.165) is 11.4 Å². The molecule has 5 rings (SSSR count). The number of nitrogen functional groups attached to an aromatic ring is 2. The van der Waals surface area contributed by atoms with Crippen molar-refractivity contribution in [2.24, 2.45) is 0 Å². The highest BCUT2D eigenvalue weighted by Crippen LogP contribution is 2.46. The van der Waals surface area contributed by atoms with Gasteiger partial charge in [-0.05, 0) is 83.3 Å². The second-order valence-electron chi connectivity index (χ2n) is 15.4. The zero-order valence-electron chi connectivity index (χ0n) is 31.5. The first-order valence-corrected chi connectivity index (χ1v) is 20.5. The molecule has 2 atom stereocenters. The Hall–Kier alpha value is -3.52. The van der Waals surface area contributed by atoms with E-state index in [-0.39, 0.29) is 5.41 Å². The molecule has 0 aliphatic heterocycles. The quantitative estimate of drug-likeness (QED) is 0.0726. The van der Waals surface area contributed by atoms with Crippen molar-refractivity contribution in [3.8, 4) is 0 Å². The molecule has 0 heterocycles. The van der Waals surface area contributed by atoms with Crippen LogP contribution in [0.4, 0.5) is 11.4 Å². The predicted molar refractivity (Wildman–Crippen MR) is 218 cm³/mol. The van der Waals surface area contributed by atoms with Crippen LogP contribution >= 0.6 is 0 Å². The van der Waals surface area contributed by atoms with E-state index in [1.54, 1.807) is 0 Å². The van der Waals surface area contributed by atoms with Crippen LogP contribution < -0.4 is 11.5 Å². The fourth-order valence-corrected chi connectivity index (χ4v) is 8.73. The SMILES string of the molecule is CCCCCCCCC(c1ccc(N)cc1)c1ccc(C2(c3ccc(C(CCCCCCCC)c4ccc(N)cc4)cc3)CCCCC2)cc1. The van der Waals surface area contributed by atoms with Crippen LogP contribution in [0.5, 0.6) is 0 Å². The van der Waals surface area contributed by atoms with Crippen molar-refractivity contribution < 1.29 is 0 Å². The van der Waals surface area contributed by atoms with Crippen LogP contribution in [-0.2, 0) is 5.41 Å². The molecule has 2 nitrogen and oxygen atoms in total. The molecular weight excluding hydrogens is 605 g/mol. The third kappa shape index (κ3) is 10.3. The average Bonchev–Trinajstić information content (AvgIpc) is 3.16. The third-order valence-corrected chi connectivity index (χ3v) is 11.8. The highest BCUT2D eigenvalue weighted by atomic mass is 14.5. The van der Waals surface area contributed by atoms with Gasteiger partial charge in [-0.2, -0.15) is 0 Å². The van der Waals surface area contributed by atoms with E-state index < -0.39 is 0 Å². The van der Waals surface area contributed by atoms with Gasteiger partial charge in [-0.3, -0.25) is 0 Å². The van der Waals surface area contributed by atoms with E-state index in [9.17, 15) is 0 Å². The van der Waals surface area contributed by atoms with Gasteiger partial charge in [0.15, 0.2) is 0 Å². The molecule has 4 aromatic carbocycles. The van der Waals surface area contributed by atoms with Crippen LogP contribution in [0.2, 0.25) is 0 Å². The fourth-order valence-electron chi connectivity index (χ4n) is 8.73. The minimum Gasteiger partial charge on any atom is -0.399 e. The molecule has 4 N–H and O–H groups in total. The highest BCUT2D eigenvalue weighted by molar-refractivity contribution is 5.47. The van der Waals surface area contributed by atoms with Gasteiger partial charge in [0.05, 0.1) is 0 Å². The summed E-state index contributed by atoms with van der Waals surface area (Å²) in [5, 5.41) is 0. The van der Waals surface area contributed by atoms with Crippen molar-refractivity contribution in [3.63, 3.8) is 0 Å². The summed E-state index contributed by atoms with van der Waals surface area (Å²) in [4.78, 5) is 0. The van der Waals surface area contributed by atoms with Gasteiger partial charge in [-0.15, -0.1) is 0 Å². The Bertz CT molecular complexity index is 1380. The maximum atomic E-state index is 6.10. The molecule has 1 aliphatic rings. The summed E-state index contributed by atoms with van der Waals surface area (Å²) in [5.74, 6) is 0.823. The minimum atomic E-state index is 0.0846. The van der Waals surface area contributed by atoms with Crippen LogP contribution in [0.3, 0.4) is 0 Å². The number of hydrogen-bond donors (Lipinski definition) is 2. The van der Waals surface area contributed by atoms with E-state index in [1.807, 2.05) is 0 Å². The molecule has 0 radical (unpaired) electrons. The Morgan fingerprint density at radius 2 is 0.740 bits per heavy atom. The Morgan fingerprint density at radius 1 is 0.420 bits per heavy atom. The summed E-state index contributed by atoms with van der Waals surface area (Å²) in [6.07, 6.45) is 24.7.